The normalized spacial score (nSPS) is 11.1. The minimum atomic E-state index is 0.610. The topological polar surface area (TPSA) is 15.7 Å². The van der Waals surface area contributed by atoms with Crippen molar-refractivity contribution in [3.63, 3.8) is 0 Å². The van der Waals surface area contributed by atoms with Gasteiger partial charge in [-0.25, -0.2) is 0 Å². The maximum atomic E-state index is 5.43. The fourth-order valence-electron chi connectivity index (χ4n) is 6.61. The van der Waals surface area contributed by atoms with Crippen LogP contribution < -0.4 is 9.80 Å². The summed E-state index contributed by atoms with van der Waals surface area (Å²) in [5.74, 6) is 0. The minimum absolute atomic E-state index is 0.610. The van der Waals surface area contributed by atoms with Gasteiger partial charge in [0, 0.05) is 41.2 Å². The molecular formula is C46H48N2O. The Morgan fingerprint density at radius 3 is 1.08 bits per heavy atom. The Labute approximate surface area is 293 Å². The summed E-state index contributed by atoms with van der Waals surface area (Å²) < 4.78 is 5.43. The Kier molecular flexibility index (Phi) is 10.6. The van der Waals surface area contributed by atoms with Crippen molar-refractivity contribution in [2.75, 3.05) is 16.9 Å². The van der Waals surface area contributed by atoms with Crippen LogP contribution in [0.2, 0.25) is 0 Å². The predicted octanol–water partition coefficient (Wildman–Crippen LogP) is 12.7. The maximum Gasteiger partial charge on any atom is 0.0715 e. The molecule has 6 aromatic rings. The average molecular weight is 645 g/mol. The zero-order valence-corrected chi connectivity index (χ0v) is 29.8. The van der Waals surface area contributed by atoms with E-state index in [2.05, 4.69) is 178 Å². The third kappa shape index (κ3) is 7.48. The van der Waals surface area contributed by atoms with E-state index in [0.717, 1.165) is 47.7 Å². The lowest BCUT2D eigenvalue weighted by atomic mass is 10.0. The van der Waals surface area contributed by atoms with Crippen molar-refractivity contribution in [3.05, 3.63) is 167 Å². The molecule has 0 bridgehead atoms. The third-order valence-corrected chi connectivity index (χ3v) is 9.64. The Morgan fingerprint density at radius 1 is 0.408 bits per heavy atom. The quantitative estimate of drug-likeness (QED) is 0.132. The summed E-state index contributed by atoms with van der Waals surface area (Å²) in [5, 5.41) is 0. The molecule has 0 saturated heterocycles. The predicted molar refractivity (Wildman–Crippen MR) is 210 cm³/mol. The molecule has 49 heavy (non-hydrogen) atoms. The van der Waals surface area contributed by atoms with Gasteiger partial charge in [-0.3, -0.25) is 0 Å². The fourth-order valence-corrected chi connectivity index (χ4v) is 6.61. The van der Waals surface area contributed by atoms with Crippen molar-refractivity contribution in [2.24, 2.45) is 0 Å². The minimum Gasteiger partial charge on any atom is -0.380 e. The lowest BCUT2D eigenvalue weighted by molar-refractivity contribution is 0.184. The summed E-state index contributed by atoms with van der Waals surface area (Å²) in [6, 6.07) is 49.2. The van der Waals surface area contributed by atoms with E-state index in [9.17, 15) is 0 Å². The highest BCUT2D eigenvalue weighted by atomic mass is 16.5. The van der Waals surface area contributed by atoms with Gasteiger partial charge in [-0.2, -0.15) is 0 Å². The summed E-state index contributed by atoms with van der Waals surface area (Å²) >= 11 is 0. The second-order valence-corrected chi connectivity index (χ2v) is 12.8. The molecule has 0 spiro atoms. The number of hydrogen-bond donors (Lipinski definition) is 0. The Balaban J connectivity index is 1.33. The van der Waals surface area contributed by atoms with Crippen LogP contribution in [-0.4, -0.2) is 7.11 Å². The molecule has 0 atom stereocenters. The molecule has 0 N–H and O–H groups in total. The number of ether oxygens (including phenoxy) is 1. The molecule has 0 aliphatic carbocycles. The van der Waals surface area contributed by atoms with Crippen LogP contribution in [0.4, 0.5) is 34.1 Å². The van der Waals surface area contributed by atoms with Gasteiger partial charge in [0.15, 0.2) is 0 Å². The van der Waals surface area contributed by atoms with Crippen molar-refractivity contribution < 1.29 is 4.74 Å². The molecule has 0 aromatic heterocycles. The van der Waals surface area contributed by atoms with Gasteiger partial charge >= 0.3 is 0 Å². The molecule has 6 aromatic carbocycles. The molecule has 0 aliphatic rings. The van der Waals surface area contributed by atoms with Gasteiger partial charge in [-0.15, -0.1) is 0 Å². The standard InChI is InChI=1S/C46H48N2O/c1-7-35-10-20-41(21-11-35)47(45-28-14-37(9-3)33(4)30-45)43-24-15-38(16-25-43)39-17-26-44(27-18-39)48(42-22-12-36(8-2)13-23-42)46-29-19-40(32-49-6)34(5)31-46/h10-31H,7-9,32H2,1-6H3. The van der Waals surface area contributed by atoms with E-state index in [1.54, 1.807) is 7.11 Å². The highest BCUT2D eigenvalue weighted by Gasteiger charge is 2.16. The van der Waals surface area contributed by atoms with Crippen molar-refractivity contribution >= 4 is 34.1 Å². The molecule has 0 heterocycles. The monoisotopic (exact) mass is 644 g/mol. The molecule has 6 rings (SSSR count). The van der Waals surface area contributed by atoms with E-state index in [-0.39, 0.29) is 0 Å². The molecule has 0 radical (unpaired) electrons. The summed E-state index contributed by atoms with van der Waals surface area (Å²) in [4.78, 5) is 4.70. The van der Waals surface area contributed by atoms with Crippen LogP contribution in [0.3, 0.4) is 0 Å². The summed E-state index contributed by atoms with van der Waals surface area (Å²) in [5.41, 5.74) is 17.1. The summed E-state index contributed by atoms with van der Waals surface area (Å²) in [6.45, 7) is 11.6. The van der Waals surface area contributed by atoms with Gasteiger partial charge in [0.25, 0.3) is 0 Å². The van der Waals surface area contributed by atoms with Gasteiger partial charge in [0.1, 0.15) is 0 Å². The third-order valence-electron chi connectivity index (χ3n) is 9.64. The van der Waals surface area contributed by atoms with Gasteiger partial charge in [-0.05, 0) is 150 Å². The largest absolute Gasteiger partial charge is 0.380 e. The zero-order valence-electron chi connectivity index (χ0n) is 29.8. The Morgan fingerprint density at radius 2 is 0.755 bits per heavy atom. The number of anilines is 6. The lowest BCUT2D eigenvalue weighted by Crippen LogP contribution is -2.11. The molecular weight excluding hydrogens is 597 g/mol. The lowest BCUT2D eigenvalue weighted by Gasteiger charge is -2.27. The van der Waals surface area contributed by atoms with E-state index in [4.69, 9.17) is 4.74 Å². The molecule has 248 valence electrons. The van der Waals surface area contributed by atoms with Crippen LogP contribution in [0.1, 0.15) is 54.2 Å². The van der Waals surface area contributed by atoms with Crippen LogP contribution in [-0.2, 0) is 30.6 Å². The Hall–Kier alpha value is -5.12. The van der Waals surface area contributed by atoms with Gasteiger partial charge in [0.2, 0.25) is 0 Å². The molecule has 0 saturated carbocycles. The number of aryl methyl sites for hydroxylation is 5. The van der Waals surface area contributed by atoms with Crippen LogP contribution in [0.25, 0.3) is 11.1 Å². The second kappa shape index (κ2) is 15.4. The highest BCUT2D eigenvalue weighted by molar-refractivity contribution is 5.81. The summed E-state index contributed by atoms with van der Waals surface area (Å²) in [6.07, 6.45) is 3.08. The average Bonchev–Trinajstić information content (AvgIpc) is 3.14. The molecule has 0 unspecified atom stereocenters. The van der Waals surface area contributed by atoms with E-state index < -0.39 is 0 Å². The van der Waals surface area contributed by atoms with E-state index in [1.807, 2.05) is 0 Å². The molecule has 0 fully saturated rings. The van der Waals surface area contributed by atoms with E-state index in [1.165, 1.54) is 50.2 Å². The molecule has 3 heteroatoms. The first-order valence-electron chi connectivity index (χ1n) is 17.6. The fraction of sp³-hybridized carbons (Fsp3) is 0.217. The first kappa shape index (κ1) is 33.8. The number of hydrogen-bond acceptors (Lipinski definition) is 3. The smallest absolute Gasteiger partial charge is 0.0715 e. The number of nitrogens with zero attached hydrogens (tertiary/aromatic N) is 2. The van der Waals surface area contributed by atoms with Crippen LogP contribution in [0.5, 0.6) is 0 Å². The molecule has 0 amide bonds. The number of benzene rings is 6. The van der Waals surface area contributed by atoms with Crippen LogP contribution in [0.15, 0.2) is 133 Å². The zero-order chi connectivity index (χ0) is 34.3. The first-order valence-corrected chi connectivity index (χ1v) is 17.6. The molecule has 0 aliphatic heterocycles. The van der Waals surface area contributed by atoms with E-state index >= 15 is 0 Å². The second-order valence-electron chi connectivity index (χ2n) is 12.8. The van der Waals surface area contributed by atoms with Crippen LogP contribution >= 0.6 is 0 Å². The number of methoxy groups -OCH3 is 1. The number of rotatable bonds is 12. The van der Waals surface area contributed by atoms with Gasteiger partial charge in [0.05, 0.1) is 6.61 Å². The van der Waals surface area contributed by atoms with Gasteiger partial charge < -0.3 is 14.5 Å². The maximum absolute atomic E-state index is 5.43. The van der Waals surface area contributed by atoms with Crippen molar-refractivity contribution in [3.8, 4) is 11.1 Å². The van der Waals surface area contributed by atoms with Crippen LogP contribution in [0, 0.1) is 13.8 Å². The van der Waals surface area contributed by atoms with Crippen molar-refractivity contribution in [1.29, 1.82) is 0 Å². The first-order chi connectivity index (χ1) is 23.9. The van der Waals surface area contributed by atoms with Crippen molar-refractivity contribution in [1.82, 2.24) is 0 Å². The molecule has 3 nitrogen and oxygen atoms in total. The highest BCUT2D eigenvalue weighted by Crippen LogP contribution is 2.39. The van der Waals surface area contributed by atoms with Gasteiger partial charge in [-0.1, -0.05) is 81.4 Å². The summed E-state index contributed by atoms with van der Waals surface area (Å²) in [7, 11) is 1.75. The van der Waals surface area contributed by atoms with Crippen molar-refractivity contribution in [2.45, 2.75) is 60.5 Å². The Bertz CT molecular complexity index is 1980. The van der Waals surface area contributed by atoms with E-state index in [0.29, 0.717) is 6.61 Å². The SMILES string of the molecule is CCc1ccc(N(c2ccc(-c3ccc(N(c4ccc(CC)cc4)c4ccc(COC)c(C)c4)cc3)cc2)c2ccc(CC)c(C)c2)cc1.